The van der Waals surface area contributed by atoms with E-state index in [1.54, 1.807) is 12.1 Å². The summed E-state index contributed by atoms with van der Waals surface area (Å²) < 4.78 is 42.3. The van der Waals surface area contributed by atoms with Crippen LogP contribution in [-0.2, 0) is 20.9 Å². The summed E-state index contributed by atoms with van der Waals surface area (Å²) in [5.74, 6) is 1.27. The summed E-state index contributed by atoms with van der Waals surface area (Å²) in [4.78, 5) is 2.32. The van der Waals surface area contributed by atoms with Crippen LogP contribution < -0.4 is 9.64 Å². The lowest BCUT2D eigenvalue weighted by atomic mass is 9.80. The third-order valence-corrected chi connectivity index (χ3v) is 12.6. The van der Waals surface area contributed by atoms with Gasteiger partial charge in [0.2, 0.25) is 5.69 Å². The van der Waals surface area contributed by atoms with Gasteiger partial charge >= 0.3 is 0 Å². The van der Waals surface area contributed by atoms with Crippen LogP contribution in [0.25, 0.3) is 10.8 Å². The summed E-state index contributed by atoms with van der Waals surface area (Å²) in [7, 11) is -2.21. The van der Waals surface area contributed by atoms with Crippen LogP contribution in [0.15, 0.2) is 137 Å². The second-order valence-electron chi connectivity index (χ2n) is 16.0. The molecule has 0 aromatic heterocycles. The van der Waals surface area contributed by atoms with E-state index in [2.05, 4.69) is 129 Å². The van der Waals surface area contributed by atoms with Crippen molar-refractivity contribution >= 4 is 38.0 Å². The Morgan fingerprint density at radius 3 is 2.29 bits per heavy atom. The predicted octanol–water partition coefficient (Wildman–Crippen LogP) is 10.3. The van der Waals surface area contributed by atoms with Crippen LogP contribution in [0.4, 0.5) is 11.4 Å². The summed E-state index contributed by atoms with van der Waals surface area (Å²) in [6.45, 7) is 10.3. The first-order chi connectivity index (χ1) is 26.3. The Hall–Kier alpha value is -4.76. The van der Waals surface area contributed by atoms with Crippen molar-refractivity contribution in [3.05, 3.63) is 143 Å². The van der Waals surface area contributed by atoms with Gasteiger partial charge in [0.15, 0.2) is 5.71 Å². The molecule has 2 aliphatic heterocycles. The van der Waals surface area contributed by atoms with Crippen molar-refractivity contribution < 1.29 is 27.4 Å². The van der Waals surface area contributed by atoms with Crippen molar-refractivity contribution in [2.24, 2.45) is 0 Å². The molecule has 0 bridgehead atoms. The molecule has 55 heavy (non-hydrogen) atoms. The minimum Gasteiger partial charge on any atom is -0.457 e. The maximum absolute atomic E-state index is 11.8. The Kier molecular flexibility index (Phi) is 10.8. The van der Waals surface area contributed by atoms with E-state index >= 15 is 0 Å². The third kappa shape index (κ3) is 7.48. The van der Waals surface area contributed by atoms with E-state index in [0.29, 0.717) is 5.75 Å². The molecule has 0 fully saturated rings. The number of fused-ring (bicyclic) bond motifs is 4. The lowest BCUT2D eigenvalue weighted by Gasteiger charge is -2.28. The molecule has 2 heterocycles. The van der Waals surface area contributed by atoms with Crippen LogP contribution in [0.2, 0.25) is 0 Å². The molecule has 286 valence electrons. The summed E-state index contributed by atoms with van der Waals surface area (Å²) in [5, 5.41) is 11.9. The van der Waals surface area contributed by atoms with Gasteiger partial charge < -0.3 is 14.7 Å². The van der Waals surface area contributed by atoms with Gasteiger partial charge in [0.25, 0.3) is 10.1 Å². The van der Waals surface area contributed by atoms with Crippen molar-refractivity contribution in [1.29, 1.82) is 0 Å². The molecule has 0 saturated carbocycles. The number of rotatable bonds is 12. The zero-order valence-electron chi connectivity index (χ0n) is 32.7. The van der Waals surface area contributed by atoms with Gasteiger partial charge in [0.05, 0.1) is 10.3 Å². The molecule has 1 aliphatic carbocycles. The molecule has 8 heteroatoms. The summed E-state index contributed by atoms with van der Waals surface area (Å²) in [5.41, 5.74) is 9.21. The van der Waals surface area contributed by atoms with Gasteiger partial charge in [0, 0.05) is 47.7 Å². The number of hydrogen-bond acceptors (Lipinski definition) is 5. The first-order valence-electron chi connectivity index (χ1n) is 19.5. The maximum Gasteiger partial charge on any atom is 0.294 e. The van der Waals surface area contributed by atoms with Gasteiger partial charge in [-0.25, -0.2) is 0 Å². The standard InChI is InChI=1S/C47H52N2O5S/c1-46(2)39-19-10-11-20-40(39)48(5)42(46)29-22-34-16-14-17-35(45(34)54-36-24-26-37(27-25-36)55(51,52)53)23-30-43-47(3,4)44-38-18-9-8-15-33(38)21-28-41(44)49(43)31-12-6-7-13-32-50/h8-11,15,18-30,50H,6-7,12-14,16-17,31-32H2,1-5H3/p+1. The van der Waals surface area contributed by atoms with Gasteiger partial charge in [-0.2, -0.15) is 13.0 Å². The van der Waals surface area contributed by atoms with Crippen molar-refractivity contribution in [3.63, 3.8) is 0 Å². The van der Waals surface area contributed by atoms with Gasteiger partial charge in [0.1, 0.15) is 18.6 Å². The van der Waals surface area contributed by atoms with Crippen molar-refractivity contribution in [1.82, 2.24) is 0 Å². The van der Waals surface area contributed by atoms with Crippen molar-refractivity contribution in [2.45, 2.75) is 88.4 Å². The highest BCUT2D eigenvalue weighted by atomic mass is 32.2. The van der Waals surface area contributed by atoms with E-state index in [0.717, 1.165) is 68.4 Å². The van der Waals surface area contributed by atoms with Gasteiger partial charge in [-0.15, -0.1) is 0 Å². The number of nitrogens with zero attached hydrogens (tertiary/aromatic N) is 2. The molecule has 0 amide bonds. The summed E-state index contributed by atoms with van der Waals surface area (Å²) >= 11 is 0. The number of aliphatic hydroxyl groups is 1. The fraction of sp³-hybridized carbons (Fsp3) is 0.340. The molecular weight excluding hydrogens is 705 g/mol. The molecule has 7 nitrogen and oxygen atoms in total. The van der Waals surface area contributed by atoms with Crippen LogP contribution in [0.1, 0.15) is 83.8 Å². The van der Waals surface area contributed by atoms with Crippen molar-refractivity contribution in [3.8, 4) is 5.75 Å². The SMILES string of the molecule is C[N+]1=C(C=CC2=C(Oc3ccc(S(=O)(=O)O)cc3)C(=CC=C3N(CCCCCCO)c4ccc5ccccc5c4C3(C)C)CCC2)C(C)(C)c2ccccc21. The Labute approximate surface area is 326 Å². The molecular formula is C47H53N2O5S+. The predicted molar refractivity (Wildman–Crippen MR) is 223 cm³/mol. The second-order valence-corrected chi connectivity index (χ2v) is 17.4. The largest absolute Gasteiger partial charge is 0.457 e. The number of aliphatic hydroxyl groups excluding tert-OH is 1. The van der Waals surface area contributed by atoms with Crippen LogP contribution in [0, 0.1) is 0 Å². The number of para-hydroxylation sites is 1. The van der Waals surface area contributed by atoms with Crippen LogP contribution >= 0.6 is 0 Å². The molecule has 4 aromatic rings. The number of allylic oxidation sites excluding steroid dienone is 7. The Morgan fingerprint density at radius 2 is 1.55 bits per heavy atom. The number of anilines is 1. The number of ether oxygens (including phenoxy) is 1. The highest BCUT2D eigenvalue weighted by Crippen LogP contribution is 2.51. The van der Waals surface area contributed by atoms with Crippen LogP contribution in [-0.4, -0.2) is 48.6 Å². The normalized spacial score (nSPS) is 19.3. The Morgan fingerprint density at radius 1 is 0.818 bits per heavy atom. The first-order valence-corrected chi connectivity index (χ1v) is 21.0. The Balaban J connectivity index is 1.31. The minimum absolute atomic E-state index is 0.174. The monoisotopic (exact) mass is 757 g/mol. The molecule has 4 aromatic carbocycles. The molecule has 3 aliphatic rings. The molecule has 2 N–H and O–H groups in total. The lowest BCUT2D eigenvalue weighted by Crippen LogP contribution is -2.27. The molecule has 0 atom stereocenters. The minimum atomic E-state index is -4.33. The zero-order valence-corrected chi connectivity index (χ0v) is 33.5. The van der Waals surface area contributed by atoms with Crippen LogP contribution in [0.3, 0.4) is 0 Å². The summed E-state index contributed by atoms with van der Waals surface area (Å²) in [6, 6.07) is 27.6. The lowest BCUT2D eigenvalue weighted by molar-refractivity contribution is -0.401. The first kappa shape index (κ1) is 38.5. The van der Waals surface area contributed by atoms with E-state index in [1.807, 2.05) is 0 Å². The number of benzene rings is 4. The van der Waals surface area contributed by atoms with Gasteiger partial charge in [-0.3, -0.25) is 4.55 Å². The van der Waals surface area contributed by atoms with E-state index in [-0.39, 0.29) is 22.3 Å². The third-order valence-electron chi connectivity index (χ3n) is 11.7. The molecule has 0 radical (unpaired) electrons. The number of hydrogen-bond donors (Lipinski definition) is 2. The zero-order chi connectivity index (χ0) is 39.0. The van der Waals surface area contributed by atoms with E-state index in [9.17, 15) is 18.1 Å². The fourth-order valence-electron chi connectivity index (χ4n) is 8.82. The average molecular weight is 758 g/mol. The number of unbranched alkanes of at least 4 members (excludes halogenated alkanes) is 3. The van der Waals surface area contributed by atoms with Gasteiger partial charge in [-0.1, -0.05) is 81.3 Å². The topological polar surface area (TPSA) is 90.1 Å². The van der Waals surface area contributed by atoms with Gasteiger partial charge in [-0.05, 0) is 116 Å². The molecule has 0 spiro atoms. The summed E-state index contributed by atoms with van der Waals surface area (Å²) in [6.07, 6.45) is 15.5. The average Bonchev–Trinajstić information content (AvgIpc) is 3.50. The van der Waals surface area contributed by atoms with Crippen LogP contribution in [0.5, 0.6) is 5.75 Å². The fourth-order valence-corrected chi connectivity index (χ4v) is 9.30. The molecule has 0 unspecified atom stereocenters. The maximum atomic E-state index is 11.8. The van der Waals surface area contributed by atoms with E-state index in [4.69, 9.17) is 4.74 Å². The molecule has 0 saturated heterocycles. The van der Waals surface area contributed by atoms with E-state index in [1.165, 1.54) is 56.8 Å². The Bertz CT molecular complexity index is 2380. The molecule has 7 rings (SSSR count). The highest BCUT2D eigenvalue weighted by molar-refractivity contribution is 7.85. The quantitative estimate of drug-likeness (QED) is 0.0850. The smallest absolute Gasteiger partial charge is 0.294 e. The second kappa shape index (κ2) is 15.4. The van der Waals surface area contributed by atoms with E-state index < -0.39 is 10.1 Å². The van der Waals surface area contributed by atoms with Crippen molar-refractivity contribution in [2.75, 3.05) is 25.1 Å². The highest BCUT2D eigenvalue weighted by Gasteiger charge is 2.43.